The molecule has 0 unspecified atom stereocenters. The molecule has 0 aliphatic carbocycles. The fourth-order valence-electron chi connectivity index (χ4n) is 2.24. The van der Waals surface area contributed by atoms with Crippen LogP contribution in [0, 0.1) is 0 Å². The van der Waals surface area contributed by atoms with Gasteiger partial charge in [0.2, 0.25) is 0 Å². The van der Waals surface area contributed by atoms with E-state index in [0.717, 1.165) is 0 Å². The molecule has 1 fully saturated rings. The van der Waals surface area contributed by atoms with Gasteiger partial charge in [0.15, 0.2) is 0 Å². The van der Waals surface area contributed by atoms with Crippen molar-refractivity contribution in [3.8, 4) is 0 Å². The Labute approximate surface area is 111 Å². The second-order valence-electron chi connectivity index (χ2n) is 4.36. The second-order valence-corrected chi connectivity index (χ2v) is 5.24. The zero-order valence-electron chi connectivity index (χ0n) is 9.68. The summed E-state index contributed by atoms with van der Waals surface area (Å²) in [4.78, 5) is 18.1. The molecule has 3 rings (SSSR count). The molecule has 102 valence electrons. The minimum absolute atomic E-state index is 0.256. The summed E-state index contributed by atoms with van der Waals surface area (Å²) in [6, 6.07) is 0. The lowest BCUT2D eigenvalue weighted by Gasteiger charge is -2.13. The van der Waals surface area contributed by atoms with E-state index in [1.165, 1.54) is 17.7 Å². The molecule has 0 bridgehead atoms. The lowest BCUT2D eigenvalue weighted by atomic mass is 10.0. The number of hydrogen-bond acceptors (Lipinski definition) is 7. The summed E-state index contributed by atoms with van der Waals surface area (Å²) in [5.41, 5.74) is 0.741. The average Bonchev–Trinajstić information content (AvgIpc) is 2.94. The molecule has 1 saturated heterocycles. The van der Waals surface area contributed by atoms with Gasteiger partial charge in [0.25, 0.3) is 5.56 Å². The minimum Gasteiger partial charge on any atom is -0.394 e. The third kappa shape index (κ3) is 1.88. The van der Waals surface area contributed by atoms with Gasteiger partial charge in [-0.25, -0.2) is 4.98 Å². The van der Waals surface area contributed by atoms with Gasteiger partial charge in [-0.2, -0.15) is 0 Å². The third-order valence-electron chi connectivity index (χ3n) is 3.24. The van der Waals surface area contributed by atoms with Crippen molar-refractivity contribution >= 4 is 21.6 Å². The van der Waals surface area contributed by atoms with Crippen molar-refractivity contribution < 1.29 is 20.1 Å². The number of nitrogens with zero attached hydrogens (tertiary/aromatic N) is 1. The zero-order valence-corrected chi connectivity index (χ0v) is 10.5. The molecule has 1 aliphatic rings. The Morgan fingerprint density at radius 2 is 2.21 bits per heavy atom. The van der Waals surface area contributed by atoms with E-state index < -0.39 is 24.4 Å². The largest absolute Gasteiger partial charge is 0.394 e. The second kappa shape index (κ2) is 4.66. The van der Waals surface area contributed by atoms with Crippen LogP contribution in [0.15, 0.2) is 16.5 Å². The smallest absolute Gasteiger partial charge is 0.268 e. The van der Waals surface area contributed by atoms with Crippen molar-refractivity contribution in [2.45, 2.75) is 24.4 Å². The van der Waals surface area contributed by atoms with Crippen LogP contribution < -0.4 is 5.56 Å². The summed E-state index contributed by atoms with van der Waals surface area (Å²) in [5, 5.41) is 30.4. The molecule has 0 aromatic carbocycles. The van der Waals surface area contributed by atoms with Gasteiger partial charge in [-0.05, 0) is 5.38 Å². The van der Waals surface area contributed by atoms with Crippen LogP contribution in [0.2, 0.25) is 0 Å². The van der Waals surface area contributed by atoms with Crippen LogP contribution >= 0.6 is 11.3 Å². The number of rotatable bonds is 2. The Kier molecular flexibility index (Phi) is 3.11. The van der Waals surface area contributed by atoms with Crippen molar-refractivity contribution in [2.24, 2.45) is 0 Å². The van der Waals surface area contributed by atoms with Gasteiger partial charge in [-0.3, -0.25) is 4.79 Å². The number of aliphatic hydroxyl groups excluding tert-OH is 3. The summed E-state index contributed by atoms with van der Waals surface area (Å²) < 4.78 is 5.87. The maximum atomic E-state index is 11.6. The van der Waals surface area contributed by atoms with Gasteiger partial charge in [-0.15, -0.1) is 11.3 Å². The van der Waals surface area contributed by atoms with Crippen molar-refractivity contribution in [1.82, 2.24) is 9.97 Å². The number of aliphatic hydroxyl groups is 3. The fourth-order valence-corrected chi connectivity index (χ4v) is 3.18. The average molecular weight is 284 g/mol. The van der Waals surface area contributed by atoms with Gasteiger partial charge in [0.05, 0.1) is 18.5 Å². The van der Waals surface area contributed by atoms with Gasteiger partial charge in [0, 0.05) is 5.56 Å². The highest BCUT2D eigenvalue weighted by Gasteiger charge is 2.44. The first kappa shape index (κ1) is 12.7. The molecule has 3 heterocycles. The van der Waals surface area contributed by atoms with Crippen molar-refractivity contribution in [2.75, 3.05) is 6.61 Å². The van der Waals surface area contributed by atoms with Gasteiger partial charge in [-0.1, -0.05) is 0 Å². The van der Waals surface area contributed by atoms with Gasteiger partial charge < -0.3 is 25.0 Å². The summed E-state index contributed by atoms with van der Waals surface area (Å²) in [6.07, 6.45) is -2.67. The number of H-pyrrole nitrogens is 1. The number of ether oxygens (including phenoxy) is 1. The highest BCUT2D eigenvalue weighted by Crippen LogP contribution is 2.37. The number of fused-ring (bicyclic) bond motifs is 1. The molecule has 19 heavy (non-hydrogen) atoms. The Hall–Kier alpha value is -1.32. The Morgan fingerprint density at radius 3 is 2.89 bits per heavy atom. The maximum Gasteiger partial charge on any atom is 0.268 e. The molecule has 0 radical (unpaired) electrons. The first-order chi connectivity index (χ1) is 9.13. The zero-order chi connectivity index (χ0) is 13.6. The summed E-state index contributed by atoms with van der Waals surface area (Å²) in [5.74, 6) is 0. The Morgan fingerprint density at radius 1 is 1.42 bits per heavy atom. The molecule has 0 amide bonds. The van der Waals surface area contributed by atoms with Crippen LogP contribution in [0.5, 0.6) is 0 Å². The van der Waals surface area contributed by atoms with Gasteiger partial charge >= 0.3 is 0 Å². The number of aromatic nitrogens is 2. The van der Waals surface area contributed by atoms with Crippen LogP contribution in [0.3, 0.4) is 0 Å². The highest BCUT2D eigenvalue weighted by molar-refractivity contribution is 7.17. The molecule has 1 aliphatic heterocycles. The summed E-state index contributed by atoms with van der Waals surface area (Å²) in [7, 11) is 0. The number of nitrogens with one attached hydrogen (secondary N) is 1. The summed E-state index contributed by atoms with van der Waals surface area (Å²) >= 11 is 1.20. The van der Waals surface area contributed by atoms with E-state index >= 15 is 0 Å². The van der Waals surface area contributed by atoms with Crippen molar-refractivity contribution in [3.63, 3.8) is 0 Å². The van der Waals surface area contributed by atoms with E-state index in [4.69, 9.17) is 9.84 Å². The third-order valence-corrected chi connectivity index (χ3v) is 4.22. The number of thiophene rings is 1. The van der Waals surface area contributed by atoms with Gasteiger partial charge in [0.1, 0.15) is 29.1 Å². The molecule has 4 N–H and O–H groups in total. The van der Waals surface area contributed by atoms with E-state index in [1.807, 2.05) is 0 Å². The monoisotopic (exact) mass is 284 g/mol. The number of hydrogen-bond donors (Lipinski definition) is 4. The van der Waals surface area contributed by atoms with Crippen LogP contribution in [-0.2, 0) is 4.74 Å². The number of aromatic amines is 1. The maximum absolute atomic E-state index is 11.6. The summed E-state index contributed by atoms with van der Waals surface area (Å²) in [6.45, 7) is -0.384. The predicted molar refractivity (Wildman–Crippen MR) is 67.0 cm³/mol. The molecule has 7 nitrogen and oxygen atoms in total. The van der Waals surface area contributed by atoms with Crippen LogP contribution in [0.1, 0.15) is 11.7 Å². The molecule has 0 spiro atoms. The molecule has 0 saturated carbocycles. The predicted octanol–water partition coefficient (Wildman–Crippen LogP) is -0.861. The lowest BCUT2D eigenvalue weighted by molar-refractivity contribution is -0.0223. The van der Waals surface area contributed by atoms with E-state index in [-0.39, 0.29) is 12.2 Å². The van der Waals surface area contributed by atoms with E-state index in [1.54, 1.807) is 5.38 Å². The van der Waals surface area contributed by atoms with Crippen molar-refractivity contribution in [1.29, 1.82) is 0 Å². The first-order valence-corrected chi connectivity index (χ1v) is 6.58. The SMILES string of the molecule is O=c1[nH]cnc2c([C@@H]3O[C@H](CO)[C@@H](O)[C@H]3O)csc12. The highest BCUT2D eigenvalue weighted by atomic mass is 32.1. The Bertz CT molecular complexity index is 654. The molecule has 8 heteroatoms. The van der Waals surface area contributed by atoms with E-state index in [9.17, 15) is 15.0 Å². The van der Waals surface area contributed by atoms with E-state index in [0.29, 0.717) is 15.8 Å². The molecule has 2 aromatic rings. The van der Waals surface area contributed by atoms with Crippen LogP contribution in [0.4, 0.5) is 0 Å². The normalized spacial score (nSPS) is 31.1. The van der Waals surface area contributed by atoms with E-state index in [2.05, 4.69) is 9.97 Å². The minimum atomic E-state index is -1.16. The molecule has 2 aromatic heterocycles. The van der Waals surface area contributed by atoms with Crippen molar-refractivity contribution in [3.05, 3.63) is 27.6 Å². The molecular weight excluding hydrogens is 272 g/mol. The fraction of sp³-hybridized carbons (Fsp3) is 0.455. The topological polar surface area (TPSA) is 116 Å². The molecular formula is C11H12N2O5S. The lowest BCUT2D eigenvalue weighted by Crippen LogP contribution is -2.32. The van der Waals surface area contributed by atoms with Crippen LogP contribution in [0.25, 0.3) is 10.2 Å². The Balaban J connectivity index is 2.06. The first-order valence-electron chi connectivity index (χ1n) is 5.70. The standard InChI is InChI=1S/C11H12N2O5S/c14-1-5-7(15)8(16)9(18-5)4-2-19-10-6(4)12-3-13-11(10)17/h2-3,5,7-9,14-16H,1H2,(H,12,13,17)/t5-,7-,8-,9+/m1/s1. The van der Waals surface area contributed by atoms with Crippen LogP contribution in [-0.4, -0.2) is 50.2 Å². The molecule has 4 atom stereocenters. The quantitative estimate of drug-likeness (QED) is 0.570.